The Balaban J connectivity index is 2.28. The van der Waals surface area contributed by atoms with Crippen LogP contribution < -0.4 is 0 Å². The Kier molecular flexibility index (Phi) is 3.76. The molecule has 19 heavy (non-hydrogen) atoms. The molecule has 0 atom stereocenters. The second-order valence-corrected chi connectivity index (χ2v) is 4.77. The molecule has 98 valence electrons. The van der Waals surface area contributed by atoms with Gasteiger partial charge in [0.2, 0.25) is 0 Å². The predicted octanol–water partition coefficient (Wildman–Crippen LogP) is 3.49. The first-order valence-corrected chi connectivity index (χ1v) is 6.16. The fraction of sp³-hybridized carbons (Fsp3) is 0.133. The van der Waals surface area contributed by atoms with E-state index >= 15 is 0 Å². The summed E-state index contributed by atoms with van der Waals surface area (Å²) in [6.07, 6.45) is 0.151. The quantitative estimate of drug-likeness (QED) is 0.844. The van der Waals surface area contributed by atoms with Gasteiger partial charge in [-0.25, -0.2) is 0 Å². The maximum Gasteiger partial charge on any atom is 0.170 e. The fourth-order valence-electron chi connectivity index (χ4n) is 1.84. The second kappa shape index (κ2) is 5.33. The largest absolute Gasteiger partial charge is 0.508 e. The fourth-order valence-corrected chi connectivity index (χ4v) is 2.05. The molecule has 0 aliphatic rings. The first-order chi connectivity index (χ1) is 8.99. The molecule has 0 unspecified atom stereocenters. The lowest BCUT2D eigenvalue weighted by Gasteiger charge is -2.08. The van der Waals surface area contributed by atoms with Gasteiger partial charge in [-0.3, -0.25) is 4.79 Å². The number of Topliss-reactive ketones (excluding diaryl/α,β-unsaturated/α-hetero) is 1. The van der Waals surface area contributed by atoms with E-state index in [0.29, 0.717) is 10.6 Å². The van der Waals surface area contributed by atoms with Gasteiger partial charge in [0.05, 0.1) is 5.56 Å². The van der Waals surface area contributed by atoms with Crippen molar-refractivity contribution in [3.05, 3.63) is 58.1 Å². The molecule has 2 rings (SSSR count). The third-order valence-corrected chi connectivity index (χ3v) is 3.19. The molecule has 3 nitrogen and oxygen atoms in total. The minimum absolute atomic E-state index is 0.0307. The molecule has 0 aromatic heterocycles. The number of ketones is 1. The number of benzene rings is 2. The molecular weight excluding hydrogens is 264 g/mol. The standard InChI is InChI=1S/C15H13ClO3/c1-9-13(17)6-5-12(15(9)19)14(18)8-10-3-2-4-11(16)7-10/h2-7,17,19H,8H2,1H3. The van der Waals surface area contributed by atoms with Crippen molar-refractivity contribution in [2.75, 3.05) is 0 Å². The molecule has 0 amide bonds. The van der Waals surface area contributed by atoms with Crippen LogP contribution in [-0.2, 0) is 6.42 Å². The Bertz CT molecular complexity index is 635. The molecule has 0 heterocycles. The average Bonchev–Trinajstić information content (AvgIpc) is 2.36. The first kappa shape index (κ1) is 13.4. The zero-order chi connectivity index (χ0) is 14.0. The van der Waals surface area contributed by atoms with Crippen LogP contribution in [0.5, 0.6) is 11.5 Å². The summed E-state index contributed by atoms with van der Waals surface area (Å²) in [7, 11) is 0. The van der Waals surface area contributed by atoms with Crippen molar-refractivity contribution in [3.8, 4) is 11.5 Å². The third kappa shape index (κ3) is 2.88. The monoisotopic (exact) mass is 276 g/mol. The van der Waals surface area contributed by atoms with Crippen molar-refractivity contribution in [2.45, 2.75) is 13.3 Å². The highest BCUT2D eigenvalue weighted by molar-refractivity contribution is 6.30. The van der Waals surface area contributed by atoms with E-state index in [-0.39, 0.29) is 29.3 Å². The maximum atomic E-state index is 12.1. The van der Waals surface area contributed by atoms with Gasteiger partial charge in [0.25, 0.3) is 0 Å². The number of carbonyl (C=O) groups is 1. The summed E-state index contributed by atoms with van der Waals surface area (Å²) < 4.78 is 0. The van der Waals surface area contributed by atoms with Crippen molar-refractivity contribution in [1.29, 1.82) is 0 Å². The minimum Gasteiger partial charge on any atom is -0.508 e. The van der Waals surface area contributed by atoms with Crippen LogP contribution in [0.15, 0.2) is 36.4 Å². The maximum absolute atomic E-state index is 12.1. The normalized spacial score (nSPS) is 10.4. The van der Waals surface area contributed by atoms with Crippen molar-refractivity contribution >= 4 is 17.4 Å². The van der Waals surface area contributed by atoms with Gasteiger partial charge in [0, 0.05) is 17.0 Å². The topological polar surface area (TPSA) is 57.5 Å². The van der Waals surface area contributed by atoms with E-state index in [9.17, 15) is 15.0 Å². The molecule has 0 saturated heterocycles. The van der Waals surface area contributed by atoms with Gasteiger partial charge in [-0.2, -0.15) is 0 Å². The van der Waals surface area contributed by atoms with Crippen LogP contribution in [-0.4, -0.2) is 16.0 Å². The summed E-state index contributed by atoms with van der Waals surface area (Å²) in [6.45, 7) is 1.56. The van der Waals surface area contributed by atoms with Gasteiger partial charge in [0.1, 0.15) is 11.5 Å². The van der Waals surface area contributed by atoms with E-state index in [1.165, 1.54) is 12.1 Å². The average molecular weight is 277 g/mol. The highest BCUT2D eigenvalue weighted by Gasteiger charge is 2.15. The summed E-state index contributed by atoms with van der Waals surface area (Å²) >= 11 is 5.86. The lowest BCUT2D eigenvalue weighted by atomic mass is 10.00. The SMILES string of the molecule is Cc1c(O)ccc(C(=O)Cc2cccc(Cl)c2)c1O. The number of phenols is 2. The minimum atomic E-state index is -0.220. The van der Waals surface area contributed by atoms with Gasteiger partial charge in [-0.05, 0) is 36.8 Å². The summed E-state index contributed by atoms with van der Waals surface area (Å²) in [4.78, 5) is 12.1. The molecule has 0 fully saturated rings. The lowest BCUT2D eigenvalue weighted by Crippen LogP contribution is -2.04. The van der Waals surface area contributed by atoms with Crippen molar-refractivity contribution in [2.24, 2.45) is 0 Å². The van der Waals surface area contributed by atoms with Crippen LogP contribution >= 0.6 is 11.6 Å². The van der Waals surface area contributed by atoms with Gasteiger partial charge in [-0.1, -0.05) is 23.7 Å². The van der Waals surface area contributed by atoms with E-state index in [1.807, 2.05) is 0 Å². The van der Waals surface area contributed by atoms with Crippen molar-refractivity contribution < 1.29 is 15.0 Å². The zero-order valence-corrected chi connectivity index (χ0v) is 11.1. The Hall–Kier alpha value is -2.00. The first-order valence-electron chi connectivity index (χ1n) is 5.78. The molecule has 2 aromatic rings. The molecule has 2 N–H and O–H groups in total. The zero-order valence-electron chi connectivity index (χ0n) is 10.4. The number of carbonyl (C=O) groups excluding carboxylic acids is 1. The van der Waals surface area contributed by atoms with Gasteiger partial charge >= 0.3 is 0 Å². The van der Waals surface area contributed by atoms with Crippen molar-refractivity contribution in [3.63, 3.8) is 0 Å². The molecule has 0 aliphatic heterocycles. The molecule has 0 spiro atoms. The van der Waals surface area contributed by atoms with E-state index in [0.717, 1.165) is 5.56 Å². The second-order valence-electron chi connectivity index (χ2n) is 4.34. The van der Waals surface area contributed by atoms with E-state index in [2.05, 4.69) is 0 Å². The van der Waals surface area contributed by atoms with Crippen LogP contribution in [0.2, 0.25) is 5.02 Å². The third-order valence-electron chi connectivity index (χ3n) is 2.96. The van der Waals surface area contributed by atoms with Gasteiger partial charge in [0.15, 0.2) is 5.78 Å². The summed E-state index contributed by atoms with van der Waals surface area (Å²) in [5.41, 5.74) is 1.29. The molecule has 0 saturated carbocycles. The Morgan fingerprint density at radius 1 is 1.21 bits per heavy atom. The number of halogens is 1. The van der Waals surface area contributed by atoms with Crippen LogP contribution in [0.4, 0.5) is 0 Å². The number of aromatic hydroxyl groups is 2. The summed E-state index contributed by atoms with van der Waals surface area (Å²) in [5.74, 6) is -0.424. The summed E-state index contributed by atoms with van der Waals surface area (Å²) in [5, 5.41) is 19.9. The van der Waals surface area contributed by atoms with E-state index in [1.54, 1.807) is 31.2 Å². The number of phenolic OH excluding ortho intramolecular Hbond substituents is 2. The Morgan fingerprint density at radius 2 is 1.95 bits per heavy atom. The highest BCUT2D eigenvalue weighted by atomic mass is 35.5. The Labute approximate surface area is 116 Å². The molecule has 0 aliphatic carbocycles. The number of hydrogen-bond donors (Lipinski definition) is 2. The van der Waals surface area contributed by atoms with Crippen LogP contribution in [0, 0.1) is 6.92 Å². The molecule has 2 aromatic carbocycles. The van der Waals surface area contributed by atoms with E-state index < -0.39 is 0 Å². The van der Waals surface area contributed by atoms with Crippen LogP contribution in [0.3, 0.4) is 0 Å². The van der Waals surface area contributed by atoms with Gasteiger partial charge < -0.3 is 10.2 Å². The molecule has 0 bridgehead atoms. The molecule has 0 radical (unpaired) electrons. The summed E-state index contributed by atoms with van der Waals surface area (Å²) in [6, 6.07) is 9.84. The van der Waals surface area contributed by atoms with E-state index in [4.69, 9.17) is 11.6 Å². The van der Waals surface area contributed by atoms with Gasteiger partial charge in [-0.15, -0.1) is 0 Å². The van der Waals surface area contributed by atoms with Crippen molar-refractivity contribution in [1.82, 2.24) is 0 Å². The predicted molar refractivity (Wildman–Crippen MR) is 74.0 cm³/mol. The number of rotatable bonds is 3. The van der Waals surface area contributed by atoms with Crippen LogP contribution in [0.1, 0.15) is 21.5 Å². The molecule has 4 heteroatoms. The lowest BCUT2D eigenvalue weighted by molar-refractivity contribution is 0.0990. The van der Waals surface area contributed by atoms with Crippen LogP contribution in [0.25, 0.3) is 0 Å². The molecular formula is C15H13ClO3. The number of hydrogen-bond acceptors (Lipinski definition) is 3. The highest BCUT2D eigenvalue weighted by Crippen LogP contribution is 2.30. The smallest absolute Gasteiger partial charge is 0.170 e. The Morgan fingerprint density at radius 3 is 2.63 bits per heavy atom.